The van der Waals surface area contributed by atoms with Gasteiger partial charge in [-0.3, -0.25) is 0 Å². The molecule has 0 saturated heterocycles. The van der Waals surface area contributed by atoms with E-state index in [0.29, 0.717) is 11.9 Å². The van der Waals surface area contributed by atoms with E-state index in [1.807, 2.05) is 12.1 Å². The van der Waals surface area contributed by atoms with Gasteiger partial charge < -0.3 is 9.47 Å². The highest BCUT2D eigenvalue weighted by Crippen LogP contribution is 2.32. The number of ether oxygens (including phenoxy) is 2. The van der Waals surface area contributed by atoms with Crippen molar-refractivity contribution >= 4 is 0 Å². The zero-order valence-electron chi connectivity index (χ0n) is 11.7. The second-order valence-electron chi connectivity index (χ2n) is 4.54. The van der Waals surface area contributed by atoms with Crippen molar-refractivity contribution in [3.05, 3.63) is 36.0 Å². The first-order chi connectivity index (χ1) is 9.15. The SMILES string of the molecule is COc1nccc(-c2ccc(C(C)C)cc2OC)n1. The Hall–Kier alpha value is -2.10. The quantitative estimate of drug-likeness (QED) is 0.844. The van der Waals surface area contributed by atoms with Crippen molar-refractivity contribution in [1.82, 2.24) is 9.97 Å². The van der Waals surface area contributed by atoms with Gasteiger partial charge in [0.05, 0.1) is 19.9 Å². The molecule has 0 saturated carbocycles. The summed E-state index contributed by atoms with van der Waals surface area (Å²) < 4.78 is 10.5. The minimum atomic E-state index is 0.354. The van der Waals surface area contributed by atoms with Gasteiger partial charge >= 0.3 is 6.01 Å². The fourth-order valence-electron chi connectivity index (χ4n) is 1.87. The largest absolute Gasteiger partial charge is 0.496 e. The first kappa shape index (κ1) is 13.3. The summed E-state index contributed by atoms with van der Waals surface area (Å²) in [7, 11) is 3.22. The van der Waals surface area contributed by atoms with Gasteiger partial charge in [0.15, 0.2) is 0 Å². The van der Waals surface area contributed by atoms with Crippen LogP contribution in [0.2, 0.25) is 0 Å². The minimum Gasteiger partial charge on any atom is -0.496 e. The molecule has 0 amide bonds. The molecule has 100 valence electrons. The van der Waals surface area contributed by atoms with Crippen molar-refractivity contribution in [3.63, 3.8) is 0 Å². The number of hydrogen-bond acceptors (Lipinski definition) is 4. The molecule has 4 heteroatoms. The third kappa shape index (κ3) is 2.84. The summed E-state index contributed by atoms with van der Waals surface area (Å²) in [6.45, 7) is 4.31. The van der Waals surface area contributed by atoms with E-state index in [0.717, 1.165) is 17.0 Å². The lowest BCUT2D eigenvalue weighted by molar-refractivity contribution is 0.380. The maximum Gasteiger partial charge on any atom is 0.316 e. The van der Waals surface area contributed by atoms with Crippen LogP contribution in [0.5, 0.6) is 11.8 Å². The number of methoxy groups -OCH3 is 2. The summed E-state index contributed by atoms with van der Waals surface area (Å²) in [6, 6.07) is 8.37. The van der Waals surface area contributed by atoms with Crippen molar-refractivity contribution < 1.29 is 9.47 Å². The van der Waals surface area contributed by atoms with Crippen LogP contribution in [0.1, 0.15) is 25.3 Å². The molecule has 2 rings (SSSR count). The molecule has 0 N–H and O–H groups in total. The van der Waals surface area contributed by atoms with Gasteiger partial charge in [0, 0.05) is 11.8 Å². The molecule has 1 aromatic carbocycles. The highest BCUT2D eigenvalue weighted by molar-refractivity contribution is 5.67. The smallest absolute Gasteiger partial charge is 0.316 e. The average molecular weight is 258 g/mol. The van der Waals surface area contributed by atoms with Crippen LogP contribution in [0.3, 0.4) is 0 Å². The topological polar surface area (TPSA) is 44.2 Å². The van der Waals surface area contributed by atoms with Gasteiger partial charge in [-0.2, -0.15) is 4.98 Å². The molecule has 2 aromatic rings. The van der Waals surface area contributed by atoms with Crippen LogP contribution in [0.15, 0.2) is 30.5 Å². The van der Waals surface area contributed by atoms with E-state index in [1.54, 1.807) is 20.4 Å². The Morgan fingerprint density at radius 2 is 1.84 bits per heavy atom. The summed E-state index contributed by atoms with van der Waals surface area (Å²) in [4.78, 5) is 8.34. The summed E-state index contributed by atoms with van der Waals surface area (Å²) in [6.07, 6.45) is 1.68. The van der Waals surface area contributed by atoms with Crippen LogP contribution in [0.4, 0.5) is 0 Å². The van der Waals surface area contributed by atoms with Crippen LogP contribution in [-0.2, 0) is 0 Å². The number of rotatable bonds is 4. The van der Waals surface area contributed by atoms with E-state index in [-0.39, 0.29) is 0 Å². The Kier molecular flexibility index (Phi) is 4.00. The maximum absolute atomic E-state index is 5.46. The van der Waals surface area contributed by atoms with Gasteiger partial charge in [-0.15, -0.1) is 0 Å². The molecular weight excluding hydrogens is 240 g/mol. The third-order valence-electron chi connectivity index (χ3n) is 2.98. The predicted octanol–water partition coefficient (Wildman–Crippen LogP) is 3.28. The van der Waals surface area contributed by atoms with E-state index in [9.17, 15) is 0 Å². The lowest BCUT2D eigenvalue weighted by Crippen LogP contribution is -1.96. The number of nitrogens with zero attached hydrogens (tertiary/aromatic N) is 2. The van der Waals surface area contributed by atoms with E-state index < -0.39 is 0 Å². The first-order valence-corrected chi connectivity index (χ1v) is 6.21. The van der Waals surface area contributed by atoms with E-state index in [2.05, 4.69) is 35.9 Å². The van der Waals surface area contributed by atoms with Crippen molar-refractivity contribution in [2.45, 2.75) is 19.8 Å². The molecule has 0 aliphatic carbocycles. The Balaban J connectivity index is 2.49. The van der Waals surface area contributed by atoms with Crippen LogP contribution in [-0.4, -0.2) is 24.2 Å². The molecule has 0 radical (unpaired) electrons. The molecule has 0 bridgehead atoms. The van der Waals surface area contributed by atoms with E-state index in [1.165, 1.54) is 5.56 Å². The summed E-state index contributed by atoms with van der Waals surface area (Å²) in [5.74, 6) is 1.27. The Labute approximate surface area is 113 Å². The van der Waals surface area contributed by atoms with Crippen molar-refractivity contribution in [2.24, 2.45) is 0 Å². The first-order valence-electron chi connectivity index (χ1n) is 6.21. The molecule has 19 heavy (non-hydrogen) atoms. The molecule has 0 fully saturated rings. The maximum atomic E-state index is 5.46. The van der Waals surface area contributed by atoms with Crippen molar-refractivity contribution in [2.75, 3.05) is 14.2 Å². The van der Waals surface area contributed by atoms with Crippen LogP contribution >= 0.6 is 0 Å². The third-order valence-corrected chi connectivity index (χ3v) is 2.98. The molecule has 4 nitrogen and oxygen atoms in total. The zero-order chi connectivity index (χ0) is 13.8. The lowest BCUT2D eigenvalue weighted by atomic mass is 10.00. The predicted molar refractivity (Wildman–Crippen MR) is 74.7 cm³/mol. The summed E-state index contributed by atoms with van der Waals surface area (Å²) >= 11 is 0. The van der Waals surface area contributed by atoms with Gasteiger partial charge in [0.25, 0.3) is 0 Å². The molecule has 1 aromatic heterocycles. The second kappa shape index (κ2) is 5.69. The van der Waals surface area contributed by atoms with Crippen LogP contribution in [0, 0.1) is 0 Å². The van der Waals surface area contributed by atoms with Gasteiger partial charge in [0.2, 0.25) is 0 Å². The average Bonchev–Trinajstić information content (AvgIpc) is 2.46. The molecule has 0 spiro atoms. The standard InChI is InChI=1S/C15H18N2O2/c1-10(2)11-5-6-12(14(9-11)18-3)13-7-8-16-15(17-13)19-4/h5-10H,1-4H3. The van der Waals surface area contributed by atoms with Crippen molar-refractivity contribution in [1.29, 1.82) is 0 Å². The summed E-state index contributed by atoms with van der Waals surface area (Å²) in [5.41, 5.74) is 2.97. The molecule has 1 heterocycles. The zero-order valence-corrected chi connectivity index (χ0v) is 11.7. The van der Waals surface area contributed by atoms with Crippen molar-refractivity contribution in [3.8, 4) is 23.0 Å². The molecule has 0 aliphatic rings. The summed E-state index contributed by atoms with van der Waals surface area (Å²) in [5, 5.41) is 0. The normalized spacial score (nSPS) is 10.6. The Bertz CT molecular complexity index is 568. The fourth-order valence-corrected chi connectivity index (χ4v) is 1.87. The van der Waals surface area contributed by atoms with E-state index in [4.69, 9.17) is 9.47 Å². The highest BCUT2D eigenvalue weighted by Gasteiger charge is 2.11. The monoisotopic (exact) mass is 258 g/mol. The van der Waals surface area contributed by atoms with Gasteiger partial charge in [-0.05, 0) is 29.7 Å². The molecule has 0 aliphatic heterocycles. The second-order valence-corrected chi connectivity index (χ2v) is 4.54. The highest BCUT2D eigenvalue weighted by atomic mass is 16.5. The van der Waals surface area contributed by atoms with Gasteiger partial charge in [-0.25, -0.2) is 4.98 Å². The Morgan fingerprint density at radius 1 is 1.05 bits per heavy atom. The lowest BCUT2D eigenvalue weighted by Gasteiger charge is -2.12. The minimum absolute atomic E-state index is 0.354. The Morgan fingerprint density at radius 3 is 2.47 bits per heavy atom. The number of aromatic nitrogens is 2. The van der Waals surface area contributed by atoms with Gasteiger partial charge in [0.1, 0.15) is 5.75 Å². The fraction of sp³-hybridized carbons (Fsp3) is 0.333. The molecule has 0 atom stereocenters. The number of hydrogen-bond donors (Lipinski definition) is 0. The molecule has 0 unspecified atom stereocenters. The number of benzene rings is 1. The molecular formula is C15H18N2O2. The van der Waals surface area contributed by atoms with Crippen LogP contribution < -0.4 is 9.47 Å². The van der Waals surface area contributed by atoms with Crippen LogP contribution in [0.25, 0.3) is 11.3 Å². The van der Waals surface area contributed by atoms with E-state index >= 15 is 0 Å². The van der Waals surface area contributed by atoms with Gasteiger partial charge in [-0.1, -0.05) is 19.9 Å².